The number of aliphatic hydroxyl groups is 1. The van der Waals surface area contributed by atoms with Crippen molar-refractivity contribution in [3.05, 3.63) is 32.9 Å². The second-order valence-corrected chi connectivity index (χ2v) is 3.98. The molecule has 0 bridgehead atoms. The van der Waals surface area contributed by atoms with Crippen molar-refractivity contribution in [1.82, 2.24) is 0 Å². The molecule has 0 heterocycles. The van der Waals surface area contributed by atoms with Crippen molar-refractivity contribution in [1.29, 1.82) is 0 Å². The molecule has 0 amide bonds. The second-order valence-electron chi connectivity index (χ2n) is 2.81. The topological polar surface area (TPSA) is 46.2 Å². The zero-order valence-electron chi connectivity index (χ0n) is 6.92. The molecule has 1 rings (SSSR count). The smallest absolute Gasteiger partial charge is 0.0624 e. The third kappa shape index (κ3) is 2.18. The molecule has 0 aromatic heterocycles. The molecule has 12 heavy (non-hydrogen) atoms. The summed E-state index contributed by atoms with van der Waals surface area (Å²) in [7, 11) is 0. The molecule has 0 radical (unpaired) electrons. The van der Waals surface area contributed by atoms with Gasteiger partial charge in [0.15, 0.2) is 0 Å². The highest BCUT2D eigenvalue weighted by atomic mass is 127. The summed E-state index contributed by atoms with van der Waals surface area (Å²) in [6.07, 6.45) is 0. The predicted molar refractivity (Wildman–Crippen MR) is 57.9 cm³/mol. The van der Waals surface area contributed by atoms with E-state index in [-0.39, 0.29) is 12.6 Å². The van der Waals surface area contributed by atoms with E-state index >= 15 is 0 Å². The Morgan fingerprint density at radius 3 is 2.83 bits per heavy atom. The lowest BCUT2D eigenvalue weighted by atomic mass is 10.1. The standard InChI is InChI=1S/C9H12INO/c1-6-2-3-8(10)7(4-6)9(11)5-12/h2-4,9,12H,5,11H2,1H3. The maximum Gasteiger partial charge on any atom is 0.0624 e. The maximum atomic E-state index is 8.88. The fourth-order valence-electron chi connectivity index (χ4n) is 1.05. The highest BCUT2D eigenvalue weighted by Crippen LogP contribution is 2.19. The maximum absolute atomic E-state index is 8.88. The van der Waals surface area contributed by atoms with Crippen LogP contribution < -0.4 is 5.73 Å². The van der Waals surface area contributed by atoms with Crippen LogP contribution in [0.4, 0.5) is 0 Å². The zero-order valence-corrected chi connectivity index (χ0v) is 9.08. The lowest BCUT2D eigenvalue weighted by Gasteiger charge is -2.11. The molecular formula is C9H12INO. The highest BCUT2D eigenvalue weighted by molar-refractivity contribution is 14.1. The minimum atomic E-state index is -0.253. The van der Waals surface area contributed by atoms with E-state index in [1.54, 1.807) is 0 Å². The molecule has 3 N–H and O–H groups in total. The number of nitrogens with two attached hydrogens (primary N) is 1. The van der Waals surface area contributed by atoms with E-state index in [0.29, 0.717) is 0 Å². The van der Waals surface area contributed by atoms with Crippen LogP contribution in [-0.4, -0.2) is 11.7 Å². The van der Waals surface area contributed by atoms with Crippen molar-refractivity contribution >= 4 is 22.6 Å². The molecule has 66 valence electrons. The fraction of sp³-hybridized carbons (Fsp3) is 0.333. The Bertz CT molecular complexity index is 275. The molecule has 2 nitrogen and oxygen atoms in total. The predicted octanol–water partition coefficient (Wildman–Crippen LogP) is 1.59. The minimum Gasteiger partial charge on any atom is -0.394 e. The molecule has 1 unspecified atom stereocenters. The summed E-state index contributed by atoms with van der Waals surface area (Å²) in [5.41, 5.74) is 7.91. The molecular weight excluding hydrogens is 265 g/mol. The van der Waals surface area contributed by atoms with Gasteiger partial charge in [-0.1, -0.05) is 17.7 Å². The molecule has 0 aliphatic rings. The summed E-state index contributed by atoms with van der Waals surface area (Å²) in [6.45, 7) is 2.02. The highest BCUT2D eigenvalue weighted by Gasteiger charge is 2.07. The molecule has 1 aromatic rings. The van der Waals surface area contributed by atoms with E-state index in [4.69, 9.17) is 10.8 Å². The van der Waals surface area contributed by atoms with Crippen LogP contribution in [0.2, 0.25) is 0 Å². The second kappa shape index (κ2) is 4.20. The van der Waals surface area contributed by atoms with E-state index < -0.39 is 0 Å². The van der Waals surface area contributed by atoms with Crippen molar-refractivity contribution < 1.29 is 5.11 Å². The van der Waals surface area contributed by atoms with Gasteiger partial charge in [0.25, 0.3) is 0 Å². The molecule has 1 atom stereocenters. The summed E-state index contributed by atoms with van der Waals surface area (Å²) in [6, 6.07) is 5.82. The lowest BCUT2D eigenvalue weighted by Crippen LogP contribution is -2.15. The van der Waals surface area contributed by atoms with Crippen LogP contribution in [0.15, 0.2) is 18.2 Å². The van der Waals surface area contributed by atoms with Crippen LogP contribution >= 0.6 is 22.6 Å². The number of aliphatic hydroxyl groups excluding tert-OH is 1. The number of aryl methyl sites for hydroxylation is 1. The van der Waals surface area contributed by atoms with Crippen molar-refractivity contribution in [3.8, 4) is 0 Å². The van der Waals surface area contributed by atoms with Crippen LogP contribution in [0.25, 0.3) is 0 Å². The summed E-state index contributed by atoms with van der Waals surface area (Å²) in [5.74, 6) is 0. The summed E-state index contributed by atoms with van der Waals surface area (Å²) in [5, 5.41) is 8.88. The van der Waals surface area contributed by atoms with Crippen molar-refractivity contribution in [2.24, 2.45) is 5.73 Å². The molecule has 1 aromatic carbocycles. The normalized spacial score (nSPS) is 13.0. The van der Waals surface area contributed by atoms with Crippen LogP contribution in [0, 0.1) is 10.5 Å². The van der Waals surface area contributed by atoms with Crippen LogP contribution in [-0.2, 0) is 0 Å². The monoisotopic (exact) mass is 277 g/mol. The van der Waals surface area contributed by atoms with E-state index in [1.807, 2.05) is 25.1 Å². The number of hydrogen-bond donors (Lipinski definition) is 2. The van der Waals surface area contributed by atoms with Gasteiger partial charge in [0.05, 0.1) is 12.6 Å². The van der Waals surface area contributed by atoms with Crippen molar-refractivity contribution in [2.45, 2.75) is 13.0 Å². The van der Waals surface area contributed by atoms with E-state index in [9.17, 15) is 0 Å². The minimum absolute atomic E-state index is 0.000541. The summed E-state index contributed by atoms with van der Waals surface area (Å²) < 4.78 is 1.11. The van der Waals surface area contributed by atoms with Gasteiger partial charge in [0, 0.05) is 3.57 Å². The molecule has 0 aliphatic carbocycles. The van der Waals surface area contributed by atoms with Gasteiger partial charge in [-0.05, 0) is 41.1 Å². The summed E-state index contributed by atoms with van der Waals surface area (Å²) >= 11 is 2.22. The van der Waals surface area contributed by atoms with Gasteiger partial charge in [-0.3, -0.25) is 0 Å². The zero-order chi connectivity index (χ0) is 9.14. The quantitative estimate of drug-likeness (QED) is 0.806. The Morgan fingerprint density at radius 1 is 1.58 bits per heavy atom. The third-order valence-corrected chi connectivity index (χ3v) is 2.73. The van der Waals surface area contributed by atoms with E-state index in [2.05, 4.69) is 22.6 Å². The number of rotatable bonds is 2. The first-order valence-corrected chi connectivity index (χ1v) is 4.85. The first kappa shape index (κ1) is 9.95. The molecule has 0 saturated heterocycles. The SMILES string of the molecule is Cc1ccc(I)c(C(N)CO)c1. The Balaban J connectivity index is 3.04. The average molecular weight is 277 g/mol. The van der Waals surface area contributed by atoms with Crippen LogP contribution in [0.1, 0.15) is 17.2 Å². The average Bonchev–Trinajstić information content (AvgIpc) is 2.08. The van der Waals surface area contributed by atoms with Crippen molar-refractivity contribution in [3.63, 3.8) is 0 Å². The Morgan fingerprint density at radius 2 is 2.25 bits per heavy atom. The van der Waals surface area contributed by atoms with E-state index in [0.717, 1.165) is 9.13 Å². The number of halogens is 1. The lowest BCUT2D eigenvalue weighted by molar-refractivity contribution is 0.267. The summed E-state index contributed by atoms with van der Waals surface area (Å²) in [4.78, 5) is 0. The molecule has 0 spiro atoms. The largest absolute Gasteiger partial charge is 0.394 e. The first-order valence-electron chi connectivity index (χ1n) is 3.77. The van der Waals surface area contributed by atoms with Crippen LogP contribution in [0.5, 0.6) is 0 Å². The van der Waals surface area contributed by atoms with Crippen LogP contribution in [0.3, 0.4) is 0 Å². The van der Waals surface area contributed by atoms with Gasteiger partial charge in [-0.2, -0.15) is 0 Å². The fourth-order valence-corrected chi connectivity index (χ4v) is 1.78. The van der Waals surface area contributed by atoms with Gasteiger partial charge in [-0.15, -0.1) is 0 Å². The van der Waals surface area contributed by atoms with Gasteiger partial charge < -0.3 is 10.8 Å². The number of benzene rings is 1. The van der Waals surface area contributed by atoms with Crippen molar-refractivity contribution in [2.75, 3.05) is 6.61 Å². The van der Waals surface area contributed by atoms with Gasteiger partial charge in [-0.25, -0.2) is 0 Å². The Hall–Kier alpha value is -0.130. The Labute approximate surface area is 85.9 Å². The van der Waals surface area contributed by atoms with E-state index in [1.165, 1.54) is 5.56 Å². The first-order chi connectivity index (χ1) is 5.65. The molecule has 0 aliphatic heterocycles. The molecule has 0 fully saturated rings. The number of hydrogen-bond acceptors (Lipinski definition) is 2. The molecule has 0 saturated carbocycles. The Kier molecular flexibility index (Phi) is 3.49. The van der Waals surface area contributed by atoms with Gasteiger partial charge in [0.1, 0.15) is 0 Å². The third-order valence-electron chi connectivity index (χ3n) is 1.75. The van der Waals surface area contributed by atoms with Gasteiger partial charge in [0.2, 0.25) is 0 Å². The molecule has 3 heteroatoms. The van der Waals surface area contributed by atoms with Gasteiger partial charge >= 0.3 is 0 Å².